The molecule has 4 rings (SSSR count). The molecule has 0 amide bonds. The second-order valence-electron chi connectivity index (χ2n) is 8.36. The summed E-state index contributed by atoms with van der Waals surface area (Å²) in [5, 5.41) is 12.8. The van der Waals surface area contributed by atoms with Crippen LogP contribution in [-0.4, -0.2) is 60.0 Å². The van der Waals surface area contributed by atoms with Crippen LogP contribution >= 0.6 is 11.6 Å². The standard InChI is InChI=1S/C25H30ClN3O3/c1-4-32-25(31)23-19(18-14-16(2)8-9-21(18)27-23)15-22(30)28-10-12-29(13-11-28)24-17(3)6-5-7-20(24)26/h5-9,14,22,27,30H,4,10-13,15H2,1-3H3. The van der Waals surface area contributed by atoms with Gasteiger partial charge in [-0.05, 0) is 50.1 Å². The van der Waals surface area contributed by atoms with Crippen LogP contribution in [-0.2, 0) is 11.2 Å². The predicted molar refractivity (Wildman–Crippen MR) is 129 cm³/mol. The number of aromatic nitrogens is 1. The van der Waals surface area contributed by atoms with Gasteiger partial charge >= 0.3 is 5.97 Å². The molecular formula is C25H30ClN3O3. The van der Waals surface area contributed by atoms with Gasteiger partial charge in [0.25, 0.3) is 0 Å². The summed E-state index contributed by atoms with van der Waals surface area (Å²) in [6.07, 6.45) is -0.347. The molecule has 0 bridgehead atoms. The van der Waals surface area contributed by atoms with Crippen molar-refractivity contribution in [1.82, 2.24) is 9.88 Å². The monoisotopic (exact) mass is 455 g/mol. The molecule has 1 unspecified atom stereocenters. The number of H-pyrrole nitrogens is 1. The first-order chi connectivity index (χ1) is 15.4. The lowest BCUT2D eigenvalue weighted by Crippen LogP contribution is -2.51. The molecule has 1 atom stereocenters. The SMILES string of the molecule is CCOC(=O)c1[nH]c2ccc(C)cc2c1CC(O)N1CCN(c2c(C)cccc2Cl)CC1. The van der Waals surface area contributed by atoms with Crippen molar-refractivity contribution in [3.05, 3.63) is 63.8 Å². The second kappa shape index (κ2) is 9.53. The highest BCUT2D eigenvalue weighted by Crippen LogP contribution is 2.31. The van der Waals surface area contributed by atoms with E-state index in [1.807, 2.05) is 31.2 Å². The van der Waals surface area contributed by atoms with E-state index in [1.165, 1.54) is 0 Å². The number of nitrogens with zero attached hydrogens (tertiary/aromatic N) is 2. The van der Waals surface area contributed by atoms with Gasteiger partial charge < -0.3 is 19.7 Å². The van der Waals surface area contributed by atoms with Gasteiger partial charge in [0, 0.05) is 43.5 Å². The molecular weight excluding hydrogens is 426 g/mol. The molecule has 170 valence electrons. The van der Waals surface area contributed by atoms with Gasteiger partial charge in [-0.1, -0.05) is 35.4 Å². The molecule has 1 fully saturated rings. The Balaban J connectivity index is 1.52. The lowest BCUT2D eigenvalue weighted by molar-refractivity contribution is 0.00109. The fraction of sp³-hybridized carbons (Fsp3) is 0.400. The largest absolute Gasteiger partial charge is 0.461 e. The van der Waals surface area contributed by atoms with E-state index in [9.17, 15) is 9.90 Å². The van der Waals surface area contributed by atoms with Gasteiger partial charge in [0.15, 0.2) is 0 Å². The lowest BCUT2D eigenvalue weighted by atomic mass is 10.0. The minimum Gasteiger partial charge on any atom is -0.461 e. The topological polar surface area (TPSA) is 68.8 Å². The predicted octanol–water partition coefficient (Wildman–Crippen LogP) is 4.30. The van der Waals surface area contributed by atoms with Gasteiger partial charge in [-0.15, -0.1) is 0 Å². The number of nitrogens with one attached hydrogen (secondary N) is 1. The average Bonchev–Trinajstić information content (AvgIpc) is 3.12. The van der Waals surface area contributed by atoms with E-state index in [4.69, 9.17) is 16.3 Å². The molecule has 1 saturated heterocycles. The molecule has 0 spiro atoms. The number of halogens is 1. The van der Waals surface area contributed by atoms with Crippen molar-refractivity contribution in [3.63, 3.8) is 0 Å². The molecule has 3 aromatic rings. The van der Waals surface area contributed by atoms with Crippen LogP contribution in [0.15, 0.2) is 36.4 Å². The van der Waals surface area contributed by atoms with E-state index < -0.39 is 6.23 Å². The van der Waals surface area contributed by atoms with Gasteiger partial charge in [-0.2, -0.15) is 0 Å². The first-order valence-electron chi connectivity index (χ1n) is 11.1. The van der Waals surface area contributed by atoms with Crippen LogP contribution in [0.5, 0.6) is 0 Å². The van der Waals surface area contributed by atoms with E-state index in [-0.39, 0.29) is 5.97 Å². The Hall–Kier alpha value is -2.54. The van der Waals surface area contributed by atoms with Crippen LogP contribution < -0.4 is 4.90 Å². The number of hydrogen-bond acceptors (Lipinski definition) is 5. The van der Waals surface area contributed by atoms with E-state index >= 15 is 0 Å². The number of hydrogen-bond donors (Lipinski definition) is 2. The van der Waals surface area contributed by atoms with Crippen LogP contribution in [0, 0.1) is 13.8 Å². The highest BCUT2D eigenvalue weighted by atomic mass is 35.5. The zero-order chi connectivity index (χ0) is 22.8. The average molecular weight is 456 g/mol. The lowest BCUT2D eigenvalue weighted by Gasteiger charge is -2.39. The third-order valence-electron chi connectivity index (χ3n) is 6.17. The van der Waals surface area contributed by atoms with Crippen molar-refractivity contribution in [1.29, 1.82) is 0 Å². The van der Waals surface area contributed by atoms with Gasteiger partial charge in [-0.3, -0.25) is 4.90 Å². The zero-order valence-electron chi connectivity index (χ0n) is 18.8. The smallest absolute Gasteiger partial charge is 0.355 e. The molecule has 1 aliphatic rings. The minimum absolute atomic E-state index is 0.304. The number of fused-ring (bicyclic) bond motifs is 1. The van der Waals surface area contributed by atoms with Crippen molar-refractivity contribution in [2.75, 3.05) is 37.7 Å². The first kappa shape index (κ1) is 22.6. The summed E-state index contributed by atoms with van der Waals surface area (Å²) in [7, 11) is 0. The number of ether oxygens (including phenoxy) is 1. The van der Waals surface area contributed by atoms with Crippen LogP contribution in [0.1, 0.15) is 34.1 Å². The minimum atomic E-state index is -0.697. The zero-order valence-corrected chi connectivity index (χ0v) is 19.6. The number of para-hydroxylation sites is 1. The van der Waals surface area contributed by atoms with Crippen molar-refractivity contribution < 1.29 is 14.6 Å². The number of aromatic amines is 1. The summed E-state index contributed by atoms with van der Waals surface area (Å²) in [4.78, 5) is 20.1. The molecule has 2 heterocycles. The number of aliphatic hydroxyl groups excluding tert-OH is 1. The molecule has 2 N–H and O–H groups in total. The molecule has 1 aromatic heterocycles. The van der Waals surface area contributed by atoms with Crippen molar-refractivity contribution in [2.24, 2.45) is 0 Å². The summed E-state index contributed by atoms with van der Waals surface area (Å²) in [6.45, 7) is 9.16. The fourth-order valence-corrected chi connectivity index (χ4v) is 4.87. The Labute approximate surface area is 193 Å². The molecule has 2 aromatic carbocycles. The maximum atomic E-state index is 12.6. The molecule has 0 saturated carbocycles. The van der Waals surface area contributed by atoms with Crippen LogP contribution in [0.3, 0.4) is 0 Å². The van der Waals surface area contributed by atoms with Gasteiger partial charge in [0.2, 0.25) is 0 Å². The Morgan fingerprint density at radius 3 is 2.62 bits per heavy atom. The summed E-state index contributed by atoms with van der Waals surface area (Å²) >= 11 is 6.45. The number of carbonyl (C=O) groups is 1. The third-order valence-corrected chi connectivity index (χ3v) is 6.47. The highest BCUT2D eigenvalue weighted by molar-refractivity contribution is 6.33. The maximum Gasteiger partial charge on any atom is 0.355 e. The van der Waals surface area contributed by atoms with Crippen molar-refractivity contribution in [3.8, 4) is 0 Å². The van der Waals surface area contributed by atoms with Crippen molar-refractivity contribution >= 4 is 34.2 Å². The molecule has 32 heavy (non-hydrogen) atoms. The number of esters is 1. The molecule has 0 aliphatic carbocycles. The van der Waals surface area contributed by atoms with E-state index in [1.54, 1.807) is 6.92 Å². The van der Waals surface area contributed by atoms with Gasteiger partial charge in [0.05, 0.1) is 17.3 Å². The van der Waals surface area contributed by atoms with Crippen molar-refractivity contribution in [2.45, 2.75) is 33.4 Å². The van der Waals surface area contributed by atoms with E-state index in [0.717, 1.165) is 51.4 Å². The normalized spacial score (nSPS) is 15.8. The summed E-state index contributed by atoms with van der Waals surface area (Å²) < 4.78 is 5.26. The molecule has 0 radical (unpaired) electrons. The maximum absolute atomic E-state index is 12.6. The van der Waals surface area contributed by atoms with Gasteiger partial charge in [-0.25, -0.2) is 4.79 Å². The second-order valence-corrected chi connectivity index (χ2v) is 8.77. The number of carbonyl (C=O) groups excluding carboxylic acids is 1. The van der Waals surface area contributed by atoms with Gasteiger partial charge in [0.1, 0.15) is 11.9 Å². The van der Waals surface area contributed by atoms with Crippen LogP contribution in [0.2, 0.25) is 5.02 Å². The van der Waals surface area contributed by atoms with Crippen LogP contribution in [0.25, 0.3) is 10.9 Å². The number of aliphatic hydroxyl groups is 1. The quantitative estimate of drug-likeness (QED) is 0.542. The Kier molecular flexibility index (Phi) is 6.74. The summed E-state index contributed by atoms with van der Waals surface area (Å²) in [5.41, 5.74) is 5.43. The number of piperazine rings is 1. The Morgan fingerprint density at radius 1 is 1.19 bits per heavy atom. The number of aryl methyl sites for hydroxylation is 2. The highest BCUT2D eigenvalue weighted by Gasteiger charge is 2.27. The number of anilines is 1. The Morgan fingerprint density at radius 2 is 1.94 bits per heavy atom. The molecule has 1 aliphatic heterocycles. The number of rotatable bonds is 6. The summed E-state index contributed by atoms with van der Waals surface area (Å²) in [5.74, 6) is -0.387. The first-order valence-corrected chi connectivity index (χ1v) is 11.5. The van der Waals surface area contributed by atoms with E-state index in [0.29, 0.717) is 31.8 Å². The Bertz CT molecular complexity index is 1100. The molecule has 6 nitrogen and oxygen atoms in total. The fourth-order valence-electron chi connectivity index (χ4n) is 4.53. The van der Waals surface area contributed by atoms with E-state index in [2.05, 4.69) is 33.8 Å². The van der Waals surface area contributed by atoms with Crippen LogP contribution in [0.4, 0.5) is 5.69 Å². The summed E-state index contributed by atoms with van der Waals surface area (Å²) in [6, 6.07) is 12.0. The number of benzene rings is 2. The molecule has 7 heteroatoms. The third kappa shape index (κ3) is 4.49.